The number of benzene rings is 1. The fourth-order valence-electron chi connectivity index (χ4n) is 2.27. The van der Waals surface area contributed by atoms with E-state index in [0.717, 1.165) is 0 Å². The molecule has 7 heteroatoms. The number of halogens is 1. The zero-order valence-corrected chi connectivity index (χ0v) is 13.1. The van der Waals surface area contributed by atoms with Crippen molar-refractivity contribution >= 4 is 27.3 Å². The van der Waals surface area contributed by atoms with Gasteiger partial charge in [0.05, 0.1) is 21.7 Å². The van der Waals surface area contributed by atoms with Crippen molar-refractivity contribution < 1.29 is 13.2 Å². The summed E-state index contributed by atoms with van der Waals surface area (Å²) < 4.78 is 32.8. The first-order valence-corrected chi connectivity index (χ1v) is 8.39. The molecule has 1 aliphatic rings. The van der Waals surface area contributed by atoms with Gasteiger partial charge in [-0.1, -0.05) is 11.6 Å². The summed E-state index contributed by atoms with van der Waals surface area (Å²) in [6.07, 6.45) is 1.56. The van der Waals surface area contributed by atoms with Gasteiger partial charge in [-0.25, -0.2) is 13.1 Å². The van der Waals surface area contributed by atoms with Gasteiger partial charge in [0.1, 0.15) is 0 Å². The van der Waals surface area contributed by atoms with Gasteiger partial charge in [0.15, 0.2) is 0 Å². The lowest BCUT2D eigenvalue weighted by Gasteiger charge is -2.35. The normalized spacial score (nSPS) is 22.6. The number of hydrogen-bond donors (Lipinski definition) is 2. The van der Waals surface area contributed by atoms with E-state index in [9.17, 15) is 8.42 Å². The molecular formula is C13H19ClN2O3S. The highest BCUT2D eigenvalue weighted by Gasteiger charge is 2.33. The maximum atomic E-state index is 12.3. The number of hydrogen-bond acceptors (Lipinski definition) is 4. The second-order valence-electron chi connectivity index (χ2n) is 5.01. The highest BCUT2D eigenvalue weighted by molar-refractivity contribution is 7.89. The molecule has 0 aromatic heterocycles. The van der Waals surface area contributed by atoms with Crippen molar-refractivity contribution in [2.24, 2.45) is 0 Å². The fraction of sp³-hybridized carbons (Fsp3) is 0.538. The van der Waals surface area contributed by atoms with Gasteiger partial charge in [-0.05, 0) is 44.4 Å². The second-order valence-corrected chi connectivity index (χ2v) is 7.10. The molecular weight excluding hydrogens is 300 g/mol. The van der Waals surface area contributed by atoms with Crippen LogP contribution in [0.3, 0.4) is 0 Å². The molecule has 0 amide bonds. The minimum absolute atomic E-state index is 0.0761. The van der Waals surface area contributed by atoms with Crippen LogP contribution in [0.5, 0.6) is 0 Å². The van der Waals surface area contributed by atoms with Crippen molar-refractivity contribution in [1.82, 2.24) is 4.72 Å². The van der Waals surface area contributed by atoms with Gasteiger partial charge in [0, 0.05) is 12.6 Å². The van der Waals surface area contributed by atoms with Gasteiger partial charge in [-0.2, -0.15) is 0 Å². The molecule has 0 saturated heterocycles. The van der Waals surface area contributed by atoms with Crippen LogP contribution in [0.4, 0.5) is 5.69 Å². The van der Waals surface area contributed by atoms with Gasteiger partial charge < -0.3 is 10.5 Å². The van der Waals surface area contributed by atoms with Crippen LogP contribution in [0, 0.1) is 6.92 Å². The molecule has 112 valence electrons. The third-order valence-electron chi connectivity index (χ3n) is 3.40. The van der Waals surface area contributed by atoms with E-state index < -0.39 is 10.0 Å². The predicted molar refractivity (Wildman–Crippen MR) is 79.4 cm³/mol. The third kappa shape index (κ3) is 3.25. The Bertz CT molecular complexity index is 598. The molecule has 1 fully saturated rings. The fourth-order valence-corrected chi connectivity index (χ4v) is 4.02. The summed E-state index contributed by atoms with van der Waals surface area (Å²) in [6.45, 7) is 4.28. The Kier molecular flexibility index (Phi) is 4.59. The number of nitrogens with two attached hydrogens (primary N) is 1. The van der Waals surface area contributed by atoms with E-state index in [1.807, 2.05) is 6.92 Å². The molecule has 1 aliphatic carbocycles. The molecule has 2 rings (SSSR count). The number of nitrogen functional groups attached to an aromatic ring is 1. The van der Waals surface area contributed by atoms with Gasteiger partial charge in [-0.3, -0.25) is 0 Å². The van der Waals surface area contributed by atoms with Gasteiger partial charge in [0.25, 0.3) is 0 Å². The Labute approximate surface area is 124 Å². The van der Waals surface area contributed by atoms with Crippen LogP contribution >= 0.6 is 11.6 Å². The summed E-state index contributed by atoms with van der Waals surface area (Å²) >= 11 is 5.88. The zero-order valence-electron chi connectivity index (χ0n) is 11.5. The van der Waals surface area contributed by atoms with E-state index >= 15 is 0 Å². The predicted octanol–water partition coefficient (Wildman–Crippen LogP) is 2.08. The van der Waals surface area contributed by atoms with Crippen molar-refractivity contribution in [2.45, 2.75) is 43.7 Å². The van der Waals surface area contributed by atoms with E-state index in [-0.39, 0.29) is 22.7 Å². The van der Waals surface area contributed by atoms with Crippen LogP contribution in [0.1, 0.15) is 25.3 Å². The molecule has 0 unspecified atom stereocenters. The zero-order chi connectivity index (χ0) is 14.9. The summed E-state index contributed by atoms with van der Waals surface area (Å²) in [6, 6.07) is 2.89. The Morgan fingerprint density at radius 2 is 2.10 bits per heavy atom. The van der Waals surface area contributed by atoms with E-state index in [4.69, 9.17) is 22.1 Å². The summed E-state index contributed by atoms with van der Waals surface area (Å²) in [5.74, 6) is 0. The average molecular weight is 319 g/mol. The second kappa shape index (κ2) is 5.89. The molecule has 1 aromatic rings. The lowest BCUT2D eigenvalue weighted by Crippen LogP contribution is -2.47. The van der Waals surface area contributed by atoms with Crippen LogP contribution in [0.25, 0.3) is 0 Å². The van der Waals surface area contributed by atoms with Crippen LogP contribution in [0.2, 0.25) is 5.02 Å². The van der Waals surface area contributed by atoms with E-state index in [2.05, 4.69) is 4.72 Å². The Morgan fingerprint density at radius 1 is 1.45 bits per heavy atom. The highest BCUT2D eigenvalue weighted by atomic mass is 35.5. The van der Waals surface area contributed by atoms with E-state index in [1.165, 1.54) is 6.07 Å². The smallest absolute Gasteiger partial charge is 0.241 e. The summed E-state index contributed by atoms with van der Waals surface area (Å²) in [5, 5.41) is 0.363. The maximum absolute atomic E-state index is 12.3. The third-order valence-corrected chi connectivity index (χ3v) is 5.39. The number of rotatable bonds is 5. The summed E-state index contributed by atoms with van der Waals surface area (Å²) in [5.41, 5.74) is 6.52. The number of nitrogens with one attached hydrogen (secondary N) is 1. The minimum atomic E-state index is -3.57. The quantitative estimate of drug-likeness (QED) is 0.814. The van der Waals surface area contributed by atoms with Gasteiger partial charge in [0.2, 0.25) is 10.0 Å². The molecule has 0 radical (unpaired) electrons. The number of anilines is 1. The molecule has 0 heterocycles. The largest absolute Gasteiger partial charge is 0.397 e. The van der Waals surface area contributed by atoms with E-state index in [1.54, 1.807) is 13.0 Å². The first kappa shape index (κ1) is 15.6. The van der Waals surface area contributed by atoms with Crippen molar-refractivity contribution in [3.63, 3.8) is 0 Å². The Hall–Kier alpha value is -0.820. The van der Waals surface area contributed by atoms with E-state index in [0.29, 0.717) is 30.0 Å². The molecule has 5 nitrogen and oxygen atoms in total. The minimum Gasteiger partial charge on any atom is -0.397 e. The molecule has 0 bridgehead atoms. The summed E-state index contributed by atoms with van der Waals surface area (Å²) in [4.78, 5) is 0.180. The molecule has 0 spiro atoms. The van der Waals surface area contributed by atoms with Crippen LogP contribution in [-0.4, -0.2) is 27.2 Å². The maximum Gasteiger partial charge on any atom is 0.241 e. The lowest BCUT2D eigenvalue weighted by atomic mass is 9.90. The Balaban J connectivity index is 2.10. The first-order valence-electron chi connectivity index (χ1n) is 6.53. The van der Waals surface area contributed by atoms with Crippen molar-refractivity contribution in [2.75, 3.05) is 12.3 Å². The van der Waals surface area contributed by atoms with Crippen LogP contribution < -0.4 is 10.5 Å². The SMILES string of the molecule is CCOC1CC(NS(=O)(=O)c2cc(N)c(Cl)cc2C)C1. The molecule has 1 aromatic carbocycles. The summed E-state index contributed by atoms with van der Waals surface area (Å²) in [7, 11) is -3.57. The molecule has 0 atom stereocenters. The van der Waals surface area contributed by atoms with Gasteiger partial charge >= 0.3 is 0 Å². The lowest BCUT2D eigenvalue weighted by molar-refractivity contribution is -0.00475. The molecule has 1 saturated carbocycles. The monoisotopic (exact) mass is 318 g/mol. The number of ether oxygens (including phenoxy) is 1. The standard InChI is InChI=1S/C13H19ClN2O3S/c1-3-19-10-5-9(6-10)16-20(17,18)13-7-12(15)11(14)4-8(13)2/h4,7,9-10,16H,3,5-6,15H2,1-2H3. The van der Waals surface area contributed by atoms with Gasteiger partial charge in [-0.15, -0.1) is 0 Å². The highest BCUT2D eigenvalue weighted by Crippen LogP contribution is 2.29. The first-order chi connectivity index (χ1) is 9.33. The number of aryl methyl sites for hydroxylation is 1. The van der Waals surface area contributed by atoms with Crippen molar-refractivity contribution in [3.05, 3.63) is 22.7 Å². The van der Waals surface area contributed by atoms with Crippen molar-refractivity contribution in [3.8, 4) is 0 Å². The van der Waals surface area contributed by atoms with Crippen LogP contribution in [0.15, 0.2) is 17.0 Å². The Morgan fingerprint density at radius 3 is 2.70 bits per heavy atom. The number of sulfonamides is 1. The topological polar surface area (TPSA) is 81.4 Å². The molecule has 3 N–H and O–H groups in total. The van der Waals surface area contributed by atoms with Crippen molar-refractivity contribution in [1.29, 1.82) is 0 Å². The molecule has 20 heavy (non-hydrogen) atoms. The molecule has 0 aliphatic heterocycles. The van der Waals surface area contributed by atoms with Crippen LogP contribution in [-0.2, 0) is 14.8 Å². The average Bonchev–Trinajstić information content (AvgIpc) is 2.31.